The SMILES string of the molecule is CC.CN1CC2CC(C1)c1ccccc12. The minimum absolute atomic E-state index is 0.819. The van der Waals surface area contributed by atoms with Gasteiger partial charge in [0.2, 0.25) is 0 Å². The number of hydrogen-bond acceptors (Lipinski definition) is 1. The summed E-state index contributed by atoms with van der Waals surface area (Å²) in [5, 5.41) is 0. The van der Waals surface area contributed by atoms with E-state index in [0.29, 0.717) is 0 Å². The Kier molecular flexibility index (Phi) is 3.11. The van der Waals surface area contributed by atoms with Crippen molar-refractivity contribution in [3.05, 3.63) is 35.4 Å². The summed E-state index contributed by atoms with van der Waals surface area (Å²) in [5.41, 5.74) is 3.24. The van der Waals surface area contributed by atoms with Gasteiger partial charge in [-0.15, -0.1) is 0 Å². The van der Waals surface area contributed by atoms with Crippen LogP contribution in [0.2, 0.25) is 0 Å². The molecule has 0 radical (unpaired) electrons. The highest BCUT2D eigenvalue weighted by Gasteiger charge is 2.35. The second-order valence-electron chi connectivity index (χ2n) is 4.48. The normalized spacial score (nSPS) is 27.9. The molecular formula is C14H21N. The topological polar surface area (TPSA) is 3.24 Å². The Hall–Kier alpha value is -0.820. The van der Waals surface area contributed by atoms with Crippen LogP contribution in [0, 0.1) is 0 Å². The molecule has 2 aliphatic rings. The summed E-state index contributed by atoms with van der Waals surface area (Å²) in [7, 11) is 2.24. The van der Waals surface area contributed by atoms with Crippen molar-refractivity contribution in [1.82, 2.24) is 4.90 Å². The summed E-state index contributed by atoms with van der Waals surface area (Å²) in [5.74, 6) is 1.64. The van der Waals surface area contributed by atoms with E-state index in [9.17, 15) is 0 Å². The second-order valence-corrected chi connectivity index (χ2v) is 4.48. The first-order valence-corrected chi connectivity index (χ1v) is 6.12. The highest BCUT2D eigenvalue weighted by atomic mass is 15.1. The van der Waals surface area contributed by atoms with Gasteiger partial charge in [-0.25, -0.2) is 0 Å². The molecule has 15 heavy (non-hydrogen) atoms. The summed E-state index contributed by atoms with van der Waals surface area (Å²) >= 11 is 0. The van der Waals surface area contributed by atoms with Crippen LogP contribution in [0.3, 0.4) is 0 Å². The molecule has 1 aromatic rings. The van der Waals surface area contributed by atoms with Crippen LogP contribution in [-0.2, 0) is 0 Å². The minimum Gasteiger partial charge on any atom is -0.305 e. The van der Waals surface area contributed by atoms with Crippen LogP contribution in [-0.4, -0.2) is 25.0 Å². The van der Waals surface area contributed by atoms with Crippen molar-refractivity contribution in [2.24, 2.45) is 0 Å². The number of benzene rings is 1. The van der Waals surface area contributed by atoms with E-state index in [1.54, 1.807) is 11.1 Å². The predicted octanol–water partition coefficient (Wildman–Crippen LogP) is 3.23. The quantitative estimate of drug-likeness (QED) is 0.625. The van der Waals surface area contributed by atoms with Gasteiger partial charge < -0.3 is 4.90 Å². The Labute approximate surface area is 93.1 Å². The Balaban J connectivity index is 0.000000404. The van der Waals surface area contributed by atoms with Crippen molar-refractivity contribution >= 4 is 0 Å². The van der Waals surface area contributed by atoms with E-state index in [-0.39, 0.29) is 0 Å². The van der Waals surface area contributed by atoms with Crippen molar-refractivity contribution in [1.29, 1.82) is 0 Å². The average Bonchev–Trinajstić information content (AvgIpc) is 2.55. The van der Waals surface area contributed by atoms with Crippen molar-refractivity contribution in [3.8, 4) is 0 Å². The Morgan fingerprint density at radius 2 is 1.47 bits per heavy atom. The van der Waals surface area contributed by atoms with Gasteiger partial charge in [0.25, 0.3) is 0 Å². The fraction of sp³-hybridized carbons (Fsp3) is 0.571. The van der Waals surface area contributed by atoms with E-state index in [4.69, 9.17) is 0 Å². The monoisotopic (exact) mass is 203 g/mol. The fourth-order valence-corrected chi connectivity index (χ4v) is 3.02. The molecule has 1 heterocycles. The van der Waals surface area contributed by atoms with Crippen molar-refractivity contribution in [2.75, 3.05) is 20.1 Å². The number of piperidine rings is 1. The molecule has 0 N–H and O–H groups in total. The van der Waals surface area contributed by atoms with E-state index < -0.39 is 0 Å². The van der Waals surface area contributed by atoms with Gasteiger partial charge >= 0.3 is 0 Å². The molecule has 82 valence electrons. The smallest absolute Gasteiger partial charge is 0.00478 e. The van der Waals surface area contributed by atoms with E-state index >= 15 is 0 Å². The largest absolute Gasteiger partial charge is 0.305 e. The first-order valence-electron chi connectivity index (χ1n) is 6.12. The van der Waals surface area contributed by atoms with Gasteiger partial charge in [0.1, 0.15) is 0 Å². The minimum atomic E-state index is 0.819. The van der Waals surface area contributed by atoms with Crippen molar-refractivity contribution in [2.45, 2.75) is 32.1 Å². The van der Waals surface area contributed by atoms with E-state index in [2.05, 4.69) is 36.2 Å². The molecule has 0 aromatic heterocycles. The lowest BCUT2D eigenvalue weighted by Gasteiger charge is -2.28. The van der Waals surface area contributed by atoms with Crippen LogP contribution in [0.15, 0.2) is 24.3 Å². The maximum absolute atomic E-state index is 2.47. The Bertz CT molecular complexity index is 297. The average molecular weight is 203 g/mol. The number of likely N-dealkylation sites (N-methyl/N-ethyl adjacent to an activating group) is 1. The van der Waals surface area contributed by atoms with E-state index in [1.165, 1.54) is 19.5 Å². The van der Waals surface area contributed by atoms with Gasteiger partial charge in [-0.3, -0.25) is 0 Å². The zero-order chi connectivity index (χ0) is 10.8. The van der Waals surface area contributed by atoms with E-state index in [0.717, 1.165) is 11.8 Å². The molecule has 1 aliphatic carbocycles. The first-order chi connectivity index (χ1) is 7.34. The van der Waals surface area contributed by atoms with Gasteiger partial charge in [-0.05, 0) is 36.4 Å². The third-order valence-electron chi connectivity index (χ3n) is 3.51. The lowest BCUT2D eigenvalue weighted by atomic mass is 9.96. The van der Waals surface area contributed by atoms with Gasteiger partial charge in [0.15, 0.2) is 0 Å². The molecule has 1 aromatic carbocycles. The predicted molar refractivity (Wildman–Crippen MR) is 65.4 cm³/mol. The number of likely N-dealkylation sites (tertiary alicyclic amines) is 1. The van der Waals surface area contributed by atoms with Gasteiger partial charge in [-0.2, -0.15) is 0 Å². The molecule has 0 saturated carbocycles. The Morgan fingerprint density at radius 3 is 1.93 bits per heavy atom. The molecule has 0 spiro atoms. The third kappa shape index (κ3) is 1.81. The van der Waals surface area contributed by atoms with Crippen LogP contribution in [0.1, 0.15) is 43.2 Å². The first kappa shape index (κ1) is 10.7. The molecule has 2 bridgehead atoms. The number of hydrogen-bond donors (Lipinski definition) is 0. The maximum Gasteiger partial charge on any atom is 0.00478 e. The fourth-order valence-electron chi connectivity index (χ4n) is 3.02. The van der Waals surface area contributed by atoms with Gasteiger partial charge in [-0.1, -0.05) is 38.1 Å². The number of nitrogens with zero attached hydrogens (tertiary/aromatic N) is 1. The number of rotatable bonds is 0. The lowest BCUT2D eigenvalue weighted by Crippen LogP contribution is -2.31. The van der Waals surface area contributed by atoms with Gasteiger partial charge in [0.05, 0.1) is 0 Å². The Morgan fingerprint density at radius 1 is 1.00 bits per heavy atom. The molecule has 2 atom stereocenters. The van der Waals surface area contributed by atoms with Gasteiger partial charge in [0, 0.05) is 13.1 Å². The van der Waals surface area contributed by atoms with Crippen molar-refractivity contribution in [3.63, 3.8) is 0 Å². The summed E-state index contributed by atoms with van der Waals surface area (Å²) in [6.45, 7) is 6.51. The zero-order valence-electron chi connectivity index (χ0n) is 10.0. The molecule has 3 rings (SSSR count). The molecule has 1 nitrogen and oxygen atoms in total. The zero-order valence-corrected chi connectivity index (χ0v) is 10.0. The summed E-state index contributed by atoms with van der Waals surface area (Å²) in [6.07, 6.45) is 1.39. The summed E-state index contributed by atoms with van der Waals surface area (Å²) in [4.78, 5) is 2.47. The maximum atomic E-state index is 2.47. The molecule has 2 unspecified atom stereocenters. The summed E-state index contributed by atoms with van der Waals surface area (Å²) in [6, 6.07) is 9.00. The van der Waals surface area contributed by atoms with Crippen LogP contribution in [0.5, 0.6) is 0 Å². The molecule has 1 heteroatoms. The lowest BCUT2D eigenvalue weighted by molar-refractivity contribution is 0.245. The van der Waals surface area contributed by atoms with Crippen molar-refractivity contribution < 1.29 is 0 Å². The van der Waals surface area contributed by atoms with Crippen LogP contribution in [0.25, 0.3) is 0 Å². The van der Waals surface area contributed by atoms with E-state index in [1.807, 2.05) is 13.8 Å². The standard InChI is InChI=1S/C12H15N.C2H6/c1-13-7-9-6-10(8-13)12-5-3-2-4-11(9)12;1-2/h2-5,9-10H,6-8H2,1H3;1-2H3. The summed E-state index contributed by atoms with van der Waals surface area (Å²) < 4.78 is 0. The molecule has 0 amide bonds. The molecule has 1 fully saturated rings. The highest BCUT2D eigenvalue weighted by Crippen LogP contribution is 2.45. The van der Waals surface area contributed by atoms with Crippen LogP contribution < -0.4 is 0 Å². The number of fused-ring (bicyclic) bond motifs is 5. The molecule has 1 saturated heterocycles. The molecule has 1 aliphatic heterocycles. The van der Waals surface area contributed by atoms with Crippen LogP contribution in [0.4, 0.5) is 0 Å². The highest BCUT2D eigenvalue weighted by molar-refractivity contribution is 5.40. The van der Waals surface area contributed by atoms with Crippen LogP contribution >= 0.6 is 0 Å². The third-order valence-corrected chi connectivity index (χ3v) is 3.51. The second kappa shape index (κ2) is 4.36. The molecular weight excluding hydrogens is 182 g/mol.